The quantitative estimate of drug-likeness (QED) is 0.730. The molecule has 0 saturated heterocycles. The molecule has 1 aromatic rings. The minimum atomic E-state index is 0.0344. The number of ether oxygens (including phenoxy) is 1. The van der Waals surface area contributed by atoms with E-state index in [9.17, 15) is 0 Å². The molecule has 1 unspecified atom stereocenters. The standard InChI is InChI=1S/C12H15NO/c1-3-5-11(13)8-10-6-4-7-12(9-10)14-2/h1,4,6-7,9,11H,5,8,13H2,2H3. The molecule has 0 radical (unpaired) electrons. The molecule has 0 saturated carbocycles. The second kappa shape index (κ2) is 5.31. The fourth-order valence-corrected chi connectivity index (χ4v) is 1.33. The zero-order valence-corrected chi connectivity index (χ0v) is 8.36. The average Bonchev–Trinajstić information content (AvgIpc) is 2.18. The van der Waals surface area contributed by atoms with E-state index in [0.29, 0.717) is 6.42 Å². The largest absolute Gasteiger partial charge is 0.497 e. The topological polar surface area (TPSA) is 35.2 Å². The lowest BCUT2D eigenvalue weighted by atomic mass is 10.0. The highest BCUT2D eigenvalue weighted by Crippen LogP contribution is 2.13. The van der Waals surface area contributed by atoms with Crippen LogP contribution in [0.15, 0.2) is 24.3 Å². The van der Waals surface area contributed by atoms with Crippen molar-refractivity contribution >= 4 is 0 Å². The Morgan fingerprint density at radius 2 is 2.36 bits per heavy atom. The highest BCUT2D eigenvalue weighted by atomic mass is 16.5. The van der Waals surface area contributed by atoms with Gasteiger partial charge in [-0.15, -0.1) is 12.3 Å². The van der Waals surface area contributed by atoms with Gasteiger partial charge in [0.05, 0.1) is 7.11 Å². The molecule has 74 valence electrons. The van der Waals surface area contributed by atoms with E-state index in [-0.39, 0.29) is 6.04 Å². The van der Waals surface area contributed by atoms with Gasteiger partial charge in [0.15, 0.2) is 0 Å². The number of methoxy groups -OCH3 is 1. The van der Waals surface area contributed by atoms with Crippen molar-refractivity contribution in [2.45, 2.75) is 18.9 Å². The Morgan fingerprint density at radius 3 is 3.00 bits per heavy atom. The first-order valence-corrected chi connectivity index (χ1v) is 4.58. The molecular weight excluding hydrogens is 174 g/mol. The van der Waals surface area contributed by atoms with Crippen LogP contribution >= 0.6 is 0 Å². The van der Waals surface area contributed by atoms with Crippen LogP contribution in [0.3, 0.4) is 0 Å². The third-order valence-electron chi connectivity index (χ3n) is 2.01. The van der Waals surface area contributed by atoms with Crippen molar-refractivity contribution in [3.63, 3.8) is 0 Å². The summed E-state index contributed by atoms with van der Waals surface area (Å²) in [6.45, 7) is 0. The monoisotopic (exact) mass is 189 g/mol. The summed E-state index contributed by atoms with van der Waals surface area (Å²) in [7, 11) is 1.65. The predicted octanol–water partition coefficient (Wildman–Crippen LogP) is 1.59. The lowest BCUT2D eigenvalue weighted by Crippen LogP contribution is -2.21. The third kappa shape index (κ3) is 3.12. The Balaban J connectivity index is 2.63. The van der Waals surface area contributed by atoms with Crippen molar-refractivity contribution in [2.75, 3.05) is 7.11 Å². The van der Waals surface area contributed by atoms with Gasteiger partial charge in [-0.2, -0.15) is 0 Å². The van der Waals surface area contributed by atoms with Crippen LogP contribution in [0.2, 0.25) is 0 Å². The lowest BCUT2D eigenvalue weighted by molar-refractivity contribution is 0.414. The van der Waals surface area contributed by atoms with Crippen LogP contribution in [0.4, 0.5) is 0 Å². The molecule has 0 fully saturated rings. The Kier molecular flexibility index (Phi) is 4.03. The van der Waals surface area contributed by atoms with Gasteiger partial charge in [-0.05, 0) is 24.1 Å². The van der Waals surface area contributed by atoms with E-state index >= 15 is 0 Å². The summed E-state index contributed by atoms with van der Waals surface area (Å²) in [5, 5.41) is 0. The van der Waals surface area contributed by atoms with Crippen molar-refractivity contribution in [3.8, 4) is 18.1 Å². The molecule has 0 aliphatic heterocycles. The minimum Gasteiger partial charge on any atom is -0.497 e. The zero-order valence-electron chi connectivity index (χ0n) is 8.36. The molecule has 0 spiro atoms. The molecule has 0 aromatic heterocycles. The van der Waals surface area contributed by atoms with Gasteiger partial charge in [-0.1, -0.05) is 12.1 Å². The first kappa shape index (κ1) is 10.6. The summed E-state index contributed by atoms with van der Waals surface area (Å²) in [5.74, 6) is 3.42. The van der Waals surface area contributed by atoms with Gasteiger partial charge in [0, 0.05) is 12.5 Å². The Bertz CT molecular complexity index is 327. The molecule has 2 heteroatoms. The van der Waals surface area contributed by atoms with Gasteiger partial charge < -0.3 is 10.5 Å². The van der Waals surface area contributed by atoms with E-state index in [1.807, 2.05) is 24.3 Å². The van der Waals surface area contributed by atoms with Crippen molar-refractivity contribution in [1.82, 2.24) is 0 Å². The van der Waals surface area contributed by atoms with Gasteiger partial charge >= 0.3 is 0 Å². The molecule has 2 nitrogen and oxygen atoms in total. The van der Waals surface area contributed by atoms with Crippen molar-refractivity contribution in [1.29, 1.82) is 0 Å². The average molecular weight is 189 g/mol. The molecule has 1 aromatic carbocycles. The second-order valence-electron chi connectivity index (χ2n) is 3.22. The van der Waals surface area contributed by atoms with Crippen LogP contribution < -0.4 is 10.5 Å². The maximum absolute atomic E-state index is 5.82. The summed E-state index contributed by atoms with van der Waals surface area (Å²) in [6, 6.07) is 7.91. The van der Waals surface area contributed by atoms with Crippen molar-refractivity contribution < 1.29 is 4.74 Å². The summed E-state index contributed by atoms with van der Waals surface area (Å²) >= 11 is 0. The second-order valence-corrected chi connectivity index (χ2v) is 3.22. The Hall–Kier alpha value is -1.46. The summed E-state index contributed by atoms with van der Waals surface area (Å²) in [5.41, 5.74) is 6.98. The van der Waals surface area contributed by atoms with E-state index in [0.717, 1.165) is 17.7 Å². The van der Waals surface area contributed by atoms with Gasteiger partial charge in [0.25, 0.3) is 0 Å². The third-order valence-corrected chi connectivity index (χ3v) is 2.01. The van der Waals surface area contributed by atoms with Crippen LogP contribution in [0.25, 0.3) is 0 Å². The molecule has 1 rings (SSSR count). The smallest absolute Gasteiger partial charge is 0.119 e. The minimum absolute atomic E-state index is 0.0344. The predicted molar refractivity (Wildman–Crippen MR) is 58.1 cm³/mol. The van der Waals surface area contributed by atoms with E-state index in [2.05, 4.69) is 5.92 Å². The van der Waals surface area contributed by atoms with Gasteiger partial charge in [-0.25, -0.2) is 0 Å². The van der Waals surface area contributed by atoms with E-state index < -0.39 is 0 Å². The molecule has 0 heterocycles. The highest BCUT2D eigenvalue weighted by molar-refractivity contribution is 5.29. The van der Waals surface area contributed by atoms with E-state index in [1.54, 1.807) is 7.11 Å². The van der Waals surface area contributed by atoms with Crippen LogP contribution in [-0.4, -0.2) is 13.2 Å². The molecule has 0 bridgehead atoms. The van der Waals surface area contributed by atoms with Crippen LogP contribution in [0.5, 0.6) is 5.75 Å². The number of benzene rings is 1. The van der Waals surface area contributed by atoms with Crippen molar-refractivity contribution in [3.05, 3.63) is 29.8 Å². The number of hydrogen-bond acceptors (Lipinski definition) is 2. The van der Waals surface area contributed by atoms with Gasteiger partial charge in [-0.3, -0.25) is 0 Å². The summed E-state index contributed by atoms with van der Waals surface area (Å²) in [4.78, 5) is 0. The molecule has 2 N–H and O–H groups in total. The Morgan fingerprint density at radius 1 is 1.57 bits per heavy atom. The molecule has 0 amide bonds. The van der Waals surface area contributed by atoms with Crippen molar-refractivity contribution in [2.24, 2.45) is 5.73 Å². The number of hydrogen-bond donors (Lipinski definition) is 1. The normalized spacial score (nSPS) is 11.8. The number of rotatable bonds is 4. The van der Waals surface area contributed by atoms with Gasteiger partial charge in [0.2, 0.25) is 0 Å². The zero-order chi connectivity index (χ0) is 10.4. The maximum Gasteiger partial charge on any atom is 0.119 e. The van der Waals surface area contributed by atoms with E-state index in [1.165, 1.54) is 0 Å². The Labute approximate surface area is 85.1 Å². The fourth-order valence-electron chi connectivity index (χ4n) is 1.33. The molecule has 0 aliphatic rings. The van der Waals surface area contributed by atoms with Crippen LogP contribution in [-0.2, 0) is 6.42 Å². The first-order valence-electron chi connectivity index (χ1n) is 4.58. The molecule has 14 heavy (non-hydrogen) atoms. The van der Waals surface area contributed by atoms with E-state index in [4.69, 9.17) is 16.9 Å². The molecule has 0 aliphatic carbocycles. The lowest BCUT2D eigenvalue weighted by Gasteiger charge is -2.08. The van der Waals surface area contributed by atoms with Gasteiger partial charge in [0.1, 0.15) is 5.75 Å². The fraction of sp³-hybridized carbons (Fsp3) is 0.333. The maximum atomic E-state index is 5.82. The number of nitrogens with two attached hydrogens (primary N) is 1. The molecule has 1 atom stereocenters. The summed E-state index contributed by atoms with van der Waals surface area (Å²) < 4.78 is 5.12. The van der Waals surface area contributed by atoms with Crippen LogP contribution in [0, 0.1) is 12.3 Å². The first-order chi connectivity index (χ1) is 6.76. The highest BCUT2D eigenvalue weighted by Gasteiger charge is 2.02. The van der Waals surface area contributed by atoms with Crippen LogP contribution in [0.1, 0.15) is 12.0 Å². The summed E-state index contributed by atoms with van der Waals surface area (Å²) in [6.07, 6.45) is 6.59. The molecular formula is C12H15NO. The SMILES string of the molecule is C#CCC(N)Cc1cccc(OC)c1. The number of terminal acetylenes is 1.